The Morgan fingerprint density at radius 1 is 1.15 bits per heavy atom. The molecule has 0 saturated carbocycles. The van der Waals surface area contributed by atoms with E-state index in [-0.39, 0.29) is 17.1 Å². The molecule has 6 N–H and O–H groups in total. The highest BCUT2D eigenvalue weighted by molar-refractivity contribution is 7.89. The van der Waals surface area contributed by atoms with Crippen LogP contribution in [0.4, 0.5) is 0 Å². The van der Waals surface area contributed by atoms with Crippen LogP contribution in [-0.4, -0.2) is 48.4 Å². The van der Waals surface area contributed by atoms with Crippen LogP contribution in [0.2, 0.25) is 0 Å². The molecule has 3 aromatic rings. The van der Waals surface area contributed by atoms with Crippen LogP contribution >= 0.6 is 0 Å². The Morgan fingerprint density at radius 2 is 1.80 bits per heavy atom. The maximum Gasteiger partial charge on any atom is 0.322 e. The number of fused-ring (bicyclic) bond motifs is 1. The number of H-pyrrole nitrogens is 1. The number of aromatic amines is 1. The molecule has 1 atom stereocenters. The summed E-state index contributed by atoms with van der Waals surface area (Å²) in [4.78, 5) is 37.0. The third kappa shape index (κ3) is 6.92. The normalized spacial score (nSPS) is 12.9. The van der Waals surface area contributed by atoms with Gasteiger partial charge < -0.3 is 15.9 Å². The van der Waals surface area contributed by atoms with Crippen molar-refractivity contribution < 1.29 is 23.2 Å². The van der Waals surface area contributed by atoms with E-state index in [1.54, 1.807) is 32.0 Å². The summed E-state index contributed by atoms with van der Waals surface area (Å²) in [5.74, 6) is 3.60. The van der Waals surface area contributed by atoms with Crippen LogP contribution in [0.25, 0.3) is 17.0 Å². The monoisotopic (exact) mass is 570 g/mol. The number of aromatic nitrogens is 2. The molecule has 0 saturated heterocycles. The minimum Gasteiger partial charge on any atom is -0.480 e. The van der Waals surface area contributed by atoms with Gasteiger partial charge in [-0.05, 0) is 86.6 Å². The Kier molecular flexibility index (Phi) is 9.79. The molecule has 214 valence electrons. The summed E-state index contributed by atoms with van der Waals surface area (Å²) in [5.41, 5.74) is 6.85. The number of hydroxylamine groups is 1. The number of sulfonamides is 1. The van der Waals surface area contributed by atoms with E-state index in [9.17, 15) is 23.1 Å². The van der Waals surface area contributed by atoms with Gasteiger partial charge in [-0.1, -0.05) is 18.2 Å². The van der Waals surface area contributed by atoms with Crippen molar-refractivity contribution in [2.75, 3.05) is 6.61 Å². The molecule has 3 rings (SSSR count). The summed E-state index contributed by atoms with van der Waals surface area (Å²) in [6, 6.07) is 3.52. The van der Waals surface area contributed by atoms with E-state index in [0.29, 0.717) is 35.1 Å². The van der Waals surface area contributed by atoms with Crippen molar-refractivity contribution in [3.05, 3.63) is 73.8 Å². The molecule has 0 aliphatic rings. The number of nitrogens with two attached hydrogens (primary N) is 1. The maximum atomic E-state index is 13.4. The SMILES string of the molecule is Cc1c(C)c(C)c(S(=O)(=O)N[C@@H](Cc2nc3ccc(C=CCCONC=NN)cc3c(=O)[nH]2)C(=O)O)c(C)c1C. The predicted molar refractivity (Wildman–Crippen MR) is 153 cm³/mol. The summed E-state index contributed by atoms with van der Waals surface area (Å²) in [6.45, 7) is 9.37. The first kappa shape index (κ1) is 30.5. The molecule has 1 heterocycles. The minimum atomic E-state index is -4.21. The fourth-order valence-corrected chi connectivity index (χ4v) is 6.15. The van der Waals surface area contributed by atoms with E-state index in [4.69, 9.17) is 10.7 Å². The third-order valence-electron chi connectivity index (χ3n) is 6.88. The zero-order valence-electron chi connectivity index (χ0n) is 23.0. The lowest BCUT2D eigenvalue weighted by molar-refractivity contribution is -0.139. The Labute approximate surface area is 232 Å². The quantitative estimate of drug-likeness (QED) is 0.0715. The predicted octanol–water partition coefficient (Wildman–Crippen LogP) is 2.27. The molecule has 0 radical (unpaired) electrons. The molecule has 0 fully saturated rings. The van der Waals surface area contributed by atoms with Gasteiger partial charge >= 0.3 is 5.97 Å². The minimum absolute atomic E-state index is 0.0475. The summed E-state index contributed by atoms with van der Waals surface area (Å²) >= 11 is 0. The van der Waals surface area contributed by atoms with Crippen LogP contribution in [0.3, 0.4) is 0 Å². The van der Waals surface area contributed by atoms with Gasteiger partial charge in [0, 0.05) is 6.42 Å². The molecule has 0 bridgehead atoms. The highest BCUT2D eigenvalue weighted by atomic mass is 32.2. The summed E-state index contributed by atoms with van der Waals surface area (Å²) in [7, 11) is -4.21. The molecule has 13 heteroatoms. The first-order valence-corrected chi connectivity index (χ1v) is 14.0. The van der Waals surface area contributed by atoms with Gasteiger partial charge in [0.25, 0.3) is 5.56 Å². The maximum absolute atomic E-state index is 13.4. The first-order chi connectivity index (χ1) is 18.9. The van der Waals surface area contributed by atoms with Crippen LogP contribution in [0, 0.1) is 34.6 Å². The highest BCUT2D eigenvalue weighted by Crippen LogP contribution is 2.29. The number of rotatable bonds is 12. The smallest absolute Gasteiger partial charge is 0.322 e. The van der Waals surface area contributed by atoms with Crippen molar-refractivity contribution in [2.45, 2.75) is 58.4 Å². The van der Waals surface area contributed by atoms with Crippen molar-refractivity contribution in [3.63, 3.8) is 0 Å². The molecule has 0 aliphatic carbocycles. The summed E-state index contributed by atoms with van der Waals surface area (Å²) in [5, 5.41) is 13.4. The number of hydrogen-bond donors (Lipinski definition) is 5. The second-order valence-corrected chi connectivity index (χ2v) is 11.0. The first-order valence-electron chi connectivity index (χ1n) is 12.5. The van der Waals surface area contributed by atoms with Crippen LogP contribution in [-0.2, 0) is 26.1 Å². The van der Waals surface area contributed by atoms with Gasteiger partial charge in [0.15, 0.2) is 0 Å². The molecule has 2 aromatic carbocycles. The number of nitrogens with one attached hydrogen (secondary N) is 3. The number of carbonyl (C=O) groups is 1. The van der Waals surface area contributed by atoms with Gasteiger partial charge in [-0.2, -0.15) is 9.82 Å². The molecule has 0 unspecified atom stereocenters. The van der Waals surface area contributed by atoms with Crippen molar-refractivity contribution in [1.29, 1.82) is 0 Å². The van der Waals surface area contributed by atoms with E-state index >= 15 is 0 Å². The molecule has 0 amide bonds. The second-order valence-electron chi connectivity index (χ2n) is 9.40. The van der Waals surface area contributed by atoms with Crippen molar-refractivity contribution in [3.8, 4) is 0 Å². The highest BCUT2D eigenvalue weighted by Gasteiger charge is 2.30. The lowest BCUT2D eigenvalue weighted by atomic mass is 9.95. The third-order valence-corrected chi connectivity index (χ3v) is 8.62. The molecule has 12 nitrogen and oxygen atoms in total. The zero-order valence-corrected chi connectivity index (χ0v) is 23.8. The van der Waals surface area contributed by atoms with Gasteiger partial charge in [-0.15, -0.1) is 0 Å². The molecule has 1 aromatic heterocycles. The number of hydrogen-bond acceptors (Lipinski definition) is 8. The van der Waals surface area contributed by atoms with Crippen LogP contribution in [0.1, 0.15) is 45.6 Å². The molecule has 0 aliphatic heterocycles. The Bertz CT molecular complexity index is 1620. The summed E-state index contributed by atoms with van der Waals surface area (Å²) < 4.78 is 29.1. The van der Waals surface area contributed by atoms with Gasteiger partial charge in [0.1, 0.15) is 18.2 Å². The van der Waals surface area contributed by atoms with Crippen LogP contribution in [0.15, 0.2) is 39.1 Å². The topological polar surface area (TPSA) is 189 Å². The number of hydrazone groups is 1. The molecule has 40 heavy (non-hydrogen) atoms. The average Bonchev–Trinajstić information content (AvgIpc) is 2.90. The lowest BCUT2D eigenvalue weighted by Crippen LogP contribution is -2.43. The number of aliphatic carboxylic acids is 1. The fraction of sp³-hybridized carbons (Fsp3) is 0.333. The van der Waals surface area contributed by atoms with Crippen LogP contribution in [0.5, 0.6) is 0 Å². The molecular formula is C27H34N6O6S. The Hall–Kier alpha value is -4.07. The Morgan fingerprint density at radius 3 is 2.42 bits per heavy atom. The number of nitrogens with zero attached hydrogens (tertiary/aromatic N) is 2. The number of carboxylic acids is 1. The van der Waals surface area contributed by atoms with Crippen molar-refractivity contribution in [2.24, 2.45) is 10.9 Å². The van der Waals surface area contributed by atoms with Crippen molar-refractivity contribution >= 4 is 39.3 Å². The van der Waals surface area contributed by atoms with Gasteiger partial charge in [-0.25, -0.2) is 13.4 Å². The van der Waals surface area contributed by atoms with E-state index < -0.39 is 27.6 Å². The molecule has 0 spiro atoms. The standard InChI is InChI=1S/C27H34N6O6S/c1-15-16(2)18(4)25(19(5)17(15)3)40(37,38)33-23(27(35)36)13-24-31-22-10-9-20(12-21(22)26(34)32-24)8-6-7-11-39-30-14-29-28/h6,8-10,12,14,23,33H,7,11,13,28H2,1-5H3,(H,29,30)(H,35,36)(H,31,32,34)/t23-/m0/s1. The van der Waals surface area contributed by atoms with Crippen LogP contribution < -0.4 is 21.6 Å². The number of benzene rings is 2. The average molecular weight is 571 g/mol. The zero-order chi connectivity index (χ0) is 29.6. The Balaban J connectivity index is 1.83. The summed E-state index contributed by atoms with van der Waals surface area (Å²) in [6.07, 6.45) is 5.13. The lowest BCUT2D eigenvalue weighted by Gasteiger charge is -2.21. The van der Waals surface area contributed by atoms with E-state index in [2.05, 4.69) is 25.3 Å². The second kappa shape index (κ2) is 12.9. The largest absolute Gasteiger partial charge is 0.480 e. The van der Waals surface area contributed by atoms with E-state index in [0.717, 1.165) is 22.3 Å². The van der Waals surface area contributed by atoms with Crippen molar-refractivity contribution in [1.82, 2.24) is 20.2 Å². The van der Waals surface area contributed by atoms with Gasteiger partial charge in [0.05, 0.1) is 22.4 Å². The fourth-order valence-electron chi connectivity index (χ4n) is 4.37. The number of carboxylic acid groups (broad SMARTS) is 1. The van der Waals surface area contributed by atoms with Gasteiger partial charge in [-0.3, -0.25) is 19.9 Å². The van der Waals surface area contributed by atoms with Gasteiger partial charge in [0.2, 0.25) is 10.0 Å². The van der Waals surface area contributed by atoms with E-state index in [1.807, 2.05) is 32.9 Å². The van der Waals surface area contributed by atoms with E-state index in [1.165, 1.54) is 6.34 Å². The molecular weight excluding hydrogens is 536 g/mol.